The summed E-state index contributed by atoms with van der Waals surface area (Å²) in [6.07, 6.45) is 1.93. The molecule has 2 atom stereocenters. The van der Waals surface area contributed by atoms with Gasteiger partial charge in [-0.2, -0.15) is 14.6 Å². The molecule has 1 saturated heterocycles. The predicted molar refractivity (Wildman–Crippen MR) is 122 cm³/mol. The Bertz CT molecular complexity index is 1210. The minimum atomic E-state index is -3.53. The Kier molecular flexibility index (Phi) is 6.31. The van der Waals surface area contributed by atoms with Gasteiger partial charge >= 0.3 is 0 Å². The number of sulfonamides is 1. The highest BCUT2D eigenvalue weighted by molar-refractivity contribution is 7.89. The van der Waals surface area contributed by atoms with Gasteiger partial charge in [-0.1, -0.05) is 37.3 Å². The molecular formula is C24H26N4O3S. The molecule has 8 heteroatoms. The number of oxazole rings is 1. The van der Waals surface area contributed by atoms with Crippen LogP contribution in [0.2, 0.25) is 0 Å². The van der Waals surface area contributed by atoms with Crippen LogP contribution >= 0.6 is 0 Å². The van der Waals surface area contributed by atoms with Crippen molar-refractivity contribution >= 4 is 15.9 Å². The van der Waals surface area contributed by atoms with Crippen LogP contribution in [0.5, 0.6) is 0 Å². The van der Waals surface area contributed by atoms with E-state index in [9.17, 15) is 13.7 Å². The summed E-state index contributed by atoms with van der Waals surface area (Å²) in [4.78, 5) is 4.54. The molecular weight excluding hydrogens is 424 g/mol. The van der Waals surface area contributed by atoms with Gasteiger partial charge in [-0.05, 0) is 55.5 Å². The lowest BCUT2D eigenvalue weighted by Gasteiger charge is -2.30. The molecule has 2 unspecified atom stereocenters. The molecule has 1 aromatic heterocycles. The first-order chi connectivity index (χ1) is 15.4. The minimum Gasteiger partial charge on any atom is -0.419 e. The van der Waals surface area contributed by atoms with E-state index in [4.69, 9.17) is 4.42 Å². The zero-order valence-corrected chi connectivity index (χ0v) is 19.0. The number of nitriles is 1. The molecule has 4 rings (SSSR count). The van der Waals surface area contributed by atoms with Gasteiger partial charge in [0.25, 0.3) is 0 Å². The summed E-state index contributed by atoms with van der Waals surface area (Å²) >= 11 is 0. The third kappa shape index (κ3) is 4.54. The Hall–Kier alpha value is -3.15. The summed E-state index contributed by atoms with van der Waals surface area (Å²) in [5.41, 5.74) is 1.81. The highest BCUT2D eigenvalue weighted by atomic mass is 32.2. The number of hydrogen-bond acceptors (Lipinski definition) is 6. The number of aromatic nitrogens is 1. The standard InChI is InChI=1S/C24H26N4O3S/c1-17-7-6-14-28(16-17)32(29,30)21-12-10-20(11-13-21)23-27-22(15-25)24(31-23)26-18(2)19-8-4-3-5-9-19/h3-5,8-13,17-18,26H,6-7,14,16H2,1-2H3. The van der Waals surface area contributed by atoms with Crippen molar-refractivity contribution in [3.63, 3.8) is 0 Å². The number of hydrogen-bond donors (Lipinski definition) is 1. The largest absolute Gasteiger partial charge is 0.419 e. The van der Waals surface area contributed by atoms with Crippen LogP contribution in [0.15, 0.2) is 63.9 Å². The summed E-state index contributed by atoms with van der Waals surface area (Å²) in [6, 6.07) is 18.3. The van der Waals surface area contributed by atoms with Crippen LogP contribution in [0.3, 0.4) is 0 Å². The molecule has 0 spiro atoms. The van der Waals surface area contributed by atoms with E-state index < -0.39 is 10.0 Å². The van der Waals surface area contributed by atoms with Gasteiger partial charge in [0, 0.05) is 18.7 Å². The molecule has 0 saturated carbocycles. The van der Waals surface area contributed by atoms with Crippen molar-refractivity contribution in [2.75, 3.05) is 18.4 Å². The molecule has 2 heterocycles. The van der Waals surface area contributed by atoms with Gasteiger partial charge in [0.05, 0.1) is 10.9 Å². The lowest BCUT2D eigenvalue weighted by atomic mass is 10.0. The molecule has 3 aromatic rings. The third-order valence-corrected chi connectivity index (χ3v) is 7.62. The molecule has 0 aliphatic carbocycles. The Morgan fingerprint density at radius 3 is 2.56 bits per heavy atom. The fraction of sp³-hybridized carbons (Fsp3) is 0.333. The molecule has 1 aliphatic heterocycles. The normalized spacial score (nSPS) is 18.1. The van der Waals surface area contributed by atoms with Crippen LogP contribution in [0, 0.1) is 17.2 Å². The summed E-state index contributed by atoms with van der Waals surface area (Å²) in [7, 11) is -3.53. The highest BCUT2D eigenvalue weighted by Gasteiger charge is 2.28. The van der Waals surface area contributed by atoms with E-state index in [0.29, 0.717) is 24.6 Å². The molecule has 7 nitrogen and oxygen atoms in total. The van der Waals surface area contributed by atoms with Gasteiger partial charge in [0.2, 0.25) is 27.5 Å². The van der Waals surface area contributed by atoms with Gasteiger partial charge < -0.3 is 9.73 Å². The second kappa shape index (κ2) is 9.15. The Morgan fingerprint density at radius 2 is 1.91 bits per heavy atom. The number of piperidine rings is 1. The van der Waals surface area contributed by atoms with E-state index >= 15 is 0 Å². The van der Waals surface area contributed by atoms with Crippen LogP contribution in [0.4, 0.5) is 5.88 Å². The summed E-state index contributed by atoms with van der Waals surface area (Å²) < 4.78 is 33.3. The monoisotopic (exact) mass is 450 g/mol. The molecule has 0 bridgehead atoms. The minimum absolute atomic E-state index is 0.0800. The summed E-state index contributed by atoms with van der Waals surface area (Å²) in [5.74, 6) is 0.913. The number of nitrogens with one attached hydrogen (secondary N) is 1. The van der Waals surface area contributed by atoms with Crippen molar-refractivity contribution in [1.29, 1.82) is 5.26 Å². The molecule has 1 aliphatic rings. The Labute approximate surface area is 188 Å². The maximum absolute atomic E-state index is 13.0. The van der Waals surface area contributed by atoms with E-state index in [1.807, 2.05) is 37.3 Å². The number of anilines is 1. The maximum Gasteiger partial charge on any atom is 0.243 e. The SMILES string of the molecule is CC1CCCN(S(=O)(=O)c2ccc(-c3nc(C#N)c(NC(C)c4ccccc4)o3)cc2)C1. The fourth-order valence-corrected chi connectivity index (χ4v) is 5.52. The van der Waals surface area contributed by atoms with Crippen LogP contribution in [0.25, 0.3) is 11.5 Å². The average Bonchev–Trinajstić information content (AvgIpc) is 3.22. The first-order valence-electron chi connectivity index (χ1n) is 10.7. The van der Waals surface area contributed by atoms with Gasteiger partial charge in [-0.15, -0.1) is 0 Å². The molecule has 1 fully saturated rings. The maximum atomic E-state index is 13.0. The van der Waals surface area contributed by atoms with Crippen LogP contribution in [0.1, 0.15) is 44.0 Å². The average molecular weight is 451 g/mol. The van der Waals surface area contributed by atoms with E-state index in [2.05, 4.69) is 23.3 Å². The lowest BCUT2D eigenvalue weighted by molar-refractivity contribution is 0.281. The first-order valence-corrected chi connectivity index (χ1v) is 12.2. The first kappa shape index (κ1) is 22.1. The Morgan fingerprint density at radius 1 is 1.19 bits per heavy atom. The zero-order chi connectivity index (χ0) is 22.7. The molecule has 1 N–H and O–H groups in total. The van der Waals surface area contributed by atoms with E-state index in [1.165, 1.54) is 0 Å². The number of rotatable bonds is 6. The Balaban J connectivity index is 1.55. The lowest BCUT2D eigenvalue weighted by Crippen LogP contribution is -2.39. The summed E-state index contributed by atoms with van der Waals surface area (Å²) in [6.45, 7) is 5.14. The van der Waals surface area contributed by atoms with E-state index in [-0.39, 0.29) is 28.4 Å². The highest BCUT2D eigenvalue weighted by Crippen LogP contribution is 2.30. The molecule has 32 heavy (non-hydrogen) atoms. The van der Waals surface area contributed by atoms with Gasteiger partial charge in [-0.3, -0.25) is 0 Å². The second-order valence-electron chi connectivity index (χ2n) is 8.22. The van der Waals surface area contributed by atoms with Gasteiger partial charge in [0.15, 0.2) is 0 Å². The van der Waals surface area contributed by atoms with Crippen molar-refractivity contribution < 1.29 is 12.8 Å². The fourth-order valence-electron chi connectivity index (χ4n) is 3.92. The van der Waals surface area contributed by atoms with Crippen molar-refractivity contribution in [1.82, 2.24) is 9.29 Å². The topological polar surface area (TPSA) is 99.2 Å². The predicted octanol–water partition coefficient (Wildman–Crippen LogP) is 4.81. The molecule has 0 amide bonds. The molecule has 0 radical (unpaired) electrons. The van der Waals surface area contributed by atoms with Crippen LogP contribution in [-0.2, 0) is 10.0 Å². The van der Waals surface area contributed by atoms with Crippen molar-refractivity contribution in [2.24, 2.45) is 5.92 Å². The quantitative estimate of drug-likeness (QED) is 0.579. The summed E-state index contributed by atoms with van der Waals surface area (Å²) in [5, 5.41) is 12.7. The van der Waals surface area contributed by atoms with Crippen molar-refractivity contribution in [3.8, 4) is 17.5 Å². The molecule has 2 aromatic carbocycles. The van der Waals surface area contributed by atoms with Gasteiger partial charge in [-0.25, -0.2) is 8.42 Å². The van der Waals surface area contributed by atoms with E-state index in [1.54, 1.807) is 28.6 Å². The number of benzene rings is 2. The van der Waals surface area contributed by atoms with Gasteiger partial charge in [0.1, 0.15) is 6.07 Å². The number of nitrogens with zero attached hydrogens (tertiary/aromatic N) is 3. The van der Waals surface area contributed by atoms with Crippen molar-refractivity contribution in [3.05, 3.63) is 65.9 Å². The molecule has 166 valence electrons. The van der Waals surface area contributed by atoms with Crippen LogP contribution < -0.4 is 5.32 Å². The smallest absolute Gasteiger partial charge is 0.243 e. The third-order valence-electron chi connectivity index (χ3n) is 5.74. The second-order valence-corrected chi connectivity index (χ2v) is 10.2. The van der Waals surface area contributed by atoms with Crippen LogP contribution in [-0.4, -0.2) is 30.8 Å². The zero-order valence-electron chi connectivity index (χ0n) is 18.2. The van der Waals surface area contributed by atoms with Crippen molar-refractivity contribution in [2.45, 2.75) is 37.6 Å². The van der Waals surface area contributed by atoms with E-state index in [0.717, 1.165) is 18.4 Å².